The Morgan fingerprint density at radius 2 is 1.88 bits per heavy atom. The topological polar surface area (TPSA) is 103 Å². The highest BCUT2D eigenvalue weighted by Gasteiger charge is 2.28. The normalized spacial score (nSPS) is 15.3. The maximum Gasteiger partial charge on any atom is 0.375 e. The monoisotopic (exact) mass is 377 g/mol. The lowest BCUT2D eigenvalue weighted by Gasteiger charge is -2.12. The number of hydrogen-bond donors (Lipinski definition) is 1. The van der Waals surface area contributed by atoms with E-state index in [-0.39, 0.29) is 34.1 Å². The average molecular weight is 377 g/mol. The molecule has 0 spiro atoms. The second kappa shape index (κ2) is 7.33. The number of benzene rings is 1. The van der Waals surface area contributed by atoms with Crippen LogP contribution in [0, 0.1) is 0 Å². The van der Waals surface area contributed by atoms with Crippen molar-refractivity contribution < 1.29 is 27.2 Å². The number of hydrogen-bond acceptors (Lipinski definition) is 6. The van der Waals surface area contributed by atoms with Gasteiger partial charge in [-0.15, -0.1) is 0 Å². The molecule has 1 aromatic heterocycles. The molecule has 1 amide bonds. The second-order valence-corrected chi connectivity index (χ2v) is 8.16. The van der Waals surface area contributed by atoms with Crippen LogP contribution in [0.4, 0.5) is 0 Å². The summed E-state index contributed by atoms with van der Waals surface area (Å²) >= 11 is 0. The molecule has 0 bridgehead atoms. The Bertz CT molecular complexity index is 899. The number of amides is 1. The minimum atomic E-state index is -3.58. The van der Waals surface area contributed by atoms with Gasteiger partial charge in [0.2, 0.25) is 5.76 Å². The molecule has 1 atom stereocenters. The molecule has 1 aliphatic carbocycles. The smallest absolute Gasteiger partial charge is 0.375 e. The third kappa shape index (κ3) is 4.51. The molecule has 0 aliphatic heterocycles. The maximum atomic E-state index is 12.3. The van der Waals surface area contributed by atoms with Crippen LogP contribution in [0.15, 0.2) is 51.8 Å². The van der Waals surface area contributed by atoms with E-state index in [9.17, 15) is 18.0 Å². The summed E-state index contributed by atoms with van der Waals surface area (Å²) < 4.78 is 35.0. The molecule has 2 aromatic rings. The molecule has 1 aliphatic rings. The van der Waals surface area contributed by atoms with E-state index < -0.39 is 21.9 Å². The largest absolute Gasteiger partial charge is 0.453 e. The standard InChI is InChI=1S/C18H19NO6S/c1-12(17(20)19-13-7-8-13)24-18(21)16-10-9-14(25-16)11-26(22,23)15-5-3-2-4-6-15/h2-6,9-10,12-13H,7-8,11H2,1H3,(H,19,20)/t12-/m0/s1. The number of ether oxygens (including phenoxy) is 1. The summed E-state index contributed by atoms with van der Waals surface area (Å²) in [5.74, 6) is -1.57. The van der Waals surface area contributed by atoms with Crippen LogP contribution in [0.25, 0.3) is 0 Å². The van der Waals surface area contributed by atoms with Gasteiger partial charge in [-0.05, 0) is 44.0 Å². The number of furan rings is 1. The first-order valence-corrected chi connectivity index (χ1v) is 9.88. The fraction of sp³-hybridized carbons (Fsp3) is 0.333. The molecular weight excluding hydrogens is 358 g/mol. The lowest BCUT2D eigenvalue weighted by molar-refractivity contribution is -0.129. The van der Waals surface area contributed by atoms with Gasteiger partial charge < -0.3 is 14.5 Å². The molecule has 3 rings (SSSR count). The SMILES string of the molecule is C[C@H](OC(=O)c1ccc(CS(=O)(=O)c2ccccc2)o1)C(=O)NC1CC1. The van der Waals surface area contributed by atoms with Gasteiger partial charge in [0.05, 0.1) is 4.90 Å². The van der Waals surface area contributed by atoms with Gasteiger partial charge in [-0.2, -0.15) is 0 Å². The molecule has 1 saturated carbocycles. The van der Waals surface area contributed by atoms with Crippen molar-refractivity contribution >= 4 is 21.7 Å². The van der Waals surface area contributed by atoms with E-state index in [1.165, 1.54) is 31.2 Å². The second-order valence-electron chi connectivity index (χ2n) is 6.17. The summed E-state index contributed by atoms with van der Waals surface area (Å²) in [4.78, 5) is 24.0. The zero-order valence-electron chi connectivity index (χ0n) is 14.2. The van der Waals surface area contributed by atoms with Crippen molar-refractivity contribution in [3.8, 4) is 0 Å². The zero-order chi connectivity index (χ0) is 18.7. The number of sulfone groups is 1. The molecule has 26 heavy (non-hydrogen) atoms. The summed E-state index contributed by atoms with van der Waals surface area (Å²) in [7, 11) is -3.58. The van der Waals surface area contributed by atoms with Gasteiger partial charge >= 0.3 is 5.97 Å². The van der Waals surface area contributed by atoms with Gasteiger partial charge in [0, 0.05) is 6.04 Å². The molecule has 0 saturated heterocycles. The van der Waals surface area contributed by atoms with E-state index in [0.29, 0.717) is 0 Å². The van der Waals surface area contributed by atoms with Crippen molar-refractivity contribution in [2.24, 2.45) is 0 Å². The molecule has 1 heterocycles. The van der Waals surface area contributed by atoms with Crippen LogP contribution in [0.2, 0.25) is 0 Å². The van der Waals surface area contributed by atoms with Crippen LogP contribution >= 0.6 is 0 Å². The van der Waals surface area contributed by atoms with Crippen LogP contribution in [-0.2, 0) is 25.1 Å². The molecule has 8 heteroatoms. The highest BCUT2D eigenvalue weighted by atomic mass is 32.2. The van der Waals surface area contributed by atoms with Crippen LogP contribution in [0.3, 0.4) is 0 Å². The molecule has 138 valence electrons. The van der Waals surface area contributed by atoms with Gasteiger partial charge in [0.1, 0.15) is 11.5 Å². The first kappa shape index (κ1) is 18.2. The Balaban J connectivity index is 1.61. The Hall–Kier alpha value is -2.61. The Morgan fingerprint density at radius 3 is 2.54 bits per heavy atom. The van der Waals surface area contributed by atoms with Gasteiger partial charge in [0.25, 0.3) is 5.91 Å². The van der Waals surface area contributed by atoms with E-state index in [4.69, 9.17) is 9.15 Å². The molecule has 1 fully saturated rings. The minimum Gasteiger partial charge on any atom is -0.453 e. The van der Waals surface area contributed by atoms with E-state index >= 15 is 0 Å². The molecule has 7 nitrogen and oxygen atoms in total. The summed E-state index contributed by atoms with van der Waals surface area (Å²) in [6, 6.07) is 10.9. The van der Waals surface area contributed by atoms with Crippen LogP contribution in [0.5, 0.6) is 0 Å². The summed E-state index contributed by atoms with van der Waals surface area (Å²) in [5.41, 5.74) is 0. The third-order valence-corrected chi connectivity index (χ3v) is 5.53. The minimum absolute atomic E-state index is 0.121. The van der Waals surface area contributed by atoms with Crippen molar-refractivity contribution in [3.05, 3.63) is 54.0 Å². The van der Waals surface area contributed by atoms with E-state index in [1.807, 2.05) is 0 Å². The fourth-order valence-corrected chi connectivity index (χ4v) is 3.55. The first-order valence-electron chi connectivity index (χ1n) is 8.23. The summed E-state index contributed by atoms with van der Waals surface area (Å²) in [6.45, 7) is 1.47. The molecule has 1 aromatic carbocycles. The van der Waals surface area contributed by atoms with Gasteiger partial charge in [-0.3, -0.25) is 4.79 Å². The zero-order valence-corrected chi connectivity index (χ0v) is 15.0. The summed E-state index contributed by atoms with van der Waals surface area (Å²) in [6.07, 6.45) is 0.915. The highest BCUT2D eigenvalue weighted by molar-refractivity contribution is 7.90. The molecular formula is C18H19NO6S. The van der Waals surface area contributed by atoms with Crippen molar-refractivity contribution in [3.63, 3.8) is 0 Å². The van der Waals surface area contributed by atoms with E-state index in [1.54, 1.807) is 18.2 Å². The van der Waals surface area contributed by atoms with E-state index in [2.05, 4.69) is 5.32 Å². The van der Waals surface area contributed by atoms with Crippen molar-refractivity contribution in [2.45, 2.75) is 42.6 Å². The quantitative estimate of drug-likeness (QED) is 0.741. The number of carbonyl (C=O) groups excluding carboxylic acids is 2. The van der Waals surface area contributed by atoms with Gasteiger partial charge in [0.15, 0.2) is 15.9 Å². The van der Waals surface area contributed by atoms with Gasteiger partial charge in [-0.1, -0.05) is 18.2 Å². The predicted molar refractivity (Wildman–Crippen MR) is 92.1 cm³/mol. The molecule has 0 unspecified atom stereocenters. The van der Waals surface area contributed by atoms with Crippen molar-refractivity contribution in [1.29, 1.82) is 0 Å². The molecule has 1 N–H and O–H groups in total. The Labute approximate surface area is 151 Å². The van der Waals surface area contributed by atoms with Gasteiger partial charge in [-0.25, -0.2) is 13.2 Å². The molecule has 0 radical (unpaired) electrons. The lowest BCUT2D eigenvalue weighted by Crippen LogP contribution is -2.37. The van der Waals surface area contributed by atoms with Crippen LogP contribution in [0.1, 0.15) is 36.1 Å². The van der Waals surface area contributed by atoms with Crippen molar-refractivity contribution in [1.82, 2.24) is 5.32 Å². The number of carbonyl (C=O) groups is 2. The number of esters is 1. The Kier molecular flexibility index (Phi) is 5.13. The fourth-order valence-electron chi connectivity index (χ4n) is 2.28. The lowest BCUT2D eigenvalue weighted by atomic mass is 10.3. The number of rotatable bonds is 7. The average Bonchev–Trinajstić information content (AvgIpc) is 3.30. The van der Waals surface area contributed by atoms with Crippen LogP contribution < -0.4 is 5.32 Å². The predicted octanol–water partition coefficient (Wildman–Crippen LogP) is 2.08. The maximum absolute atomic E-state index is 12.3. The van der Waals surface area contributed by atoms with Crippen molar-refractivity contribution in [2.75, 3.05) is 0 Å². The highest BCUT2D eigenvalue weighted by Crippen LogP contribution is 2.20. The van der Waals surface area contributed by atoms with Crippen LogP contribution in [-0.4, -0.2) is 32.4 Å². The number of nitrogens with one attached hydrogen (secondary N) is 1. The first-order chi connectivity index (χ1) is 12.3. The third-order valence-electron chi connectivity index (χ3n) is 3.87. The Morgan fingerprint density at radius 1 is 1.19 bits per heavy atom. The van der Waals surface area contributed by atoms with E-state index in [0.717, 1.165) is 12.8 Å². The summed E-state index contributed by atoms with van der Waals surface area (Å²) in [5, 5.41) is 2.74.